The van der Waals surface area contributed by atoms with Gasteiger partial charge in [0, 0.05) is 0 Å². The third-order valence-electron chi connectivity index (χ3n) is 2.83. The van der Waals surface area contributed by atoms with E-state index < -0.39 is 6.10 Å². The SMILES string of the molecule is CCC(O)C(C)Oc1ccc(C(C)C)cc1. The van der Waals surface area contributed by atoms with E-state index in [0.717, 1.165) is 5.75 Å². The van der Waals surface area contributed by atoms with Crippen molar-refractivity contribution in [3.05, 3.63) is 29.8 Å². The van der Waals surface area contributed by atoms with Gasteiger partial charge in [0.25, 0.3) is 0 Å². The number of aliphatic hydroxyl groups excluding tert-OH is 1. The van der Waals surface area contributed by atoms with E-state index in [0.29, 0.717) is 12.3 Å². The lowest BCUT2D eigenvalue weighted by molar-refractivity contribution is 0.0451. The van der Waals surface area contributed by atoms with Crippen molar-refractivity contribution in [2.24, 2.45) is 0 Å². The van der Waals surface area contributed by atoms with E-state index in [2.05, 4.69) is 26.0 Å². The maximum Gasteiger partial charge on any atom is 0.122 e. The molecule has 2 unspecified atom stereocenters. The van der Waals surface area contributed by atoms with Crippen LogP contribution >= 0.6 is 0 Å². The third-order valence-corrected chi connectivity index (χ3v) is 2.83. The van der Waals surface area contributed by atoms with Gasteiger partial charge in [-0.15, -0.1) is 0 Å². The zero-order valence-corrected chi connectivity index (χ0v) is 10.6. The van der Waals surface area contributed by atoms with Gasteiger partial charge in [-0.1, -0.05) is 32.9 Å². The van der Waals surface area contributed by atoms with E-state index in [1.54, 1.807) is 0 Å². The van der Waals surface area contributed by atoms with Crippen molar-refractivity contribution in [3.63, 3.8) is 0 Å². The predicted octanol–water partition coefficient (Wildman–Crippen LogP) is 3.35. The fraction of sp³-hybridized carbons (Fsp3) is 0.571. The summed E-state index contributed by atoms with van der Waals surface area (Å²) in [7, 11) is 0. The smallest absolute Gasteiger partial charge is 0.122 e. The number of benzene rings is 1. The zero-order valence-electron chi connectivity index (χ0n) is 10.6. The lowest BCUT2D eigenvalue weighted by Gasteiger charge is -2.19. The van der Waals surface area contributed by atoms with Crippen molar-refractivity contribution >= 4 is 0 Å². The van der Waals surface area contributed by atoms with E-state index in [4.69, 9.17) is 4.74 Å². The van der Waals surface area contributed by atoms with Crippen LogP contribution in [-0.4, -0.2) is 17.3 Å². The Morgan fingerprint density at radius 3 is 2.12 bits per heavy atom. The highest BCUT2D eigenvalue weighted by Gasteiger charge is 2.13. The van der Waals surface area contributed by atoms with E-state index in [1.807, 2.05) is 26.0 Å². The molecule has 0 aliphatic carbocycles. The third kappa shape index (κ3) is 3.53. The minimum absolute atomic E-state index is 0.158. The van der Waals surface area contributed by atoms with Crippen molar-refractivity contribution in [3.8, 4) is 5.75 Å². The van der Waals surface area contributed by atoms with Crippen LogP contribution < -0.4 is 4.74 Å². The molecule has 1 rings (SSSR count). The predicted molar refractivity (Wildman–Crippen MR) is 66.9 cm³/mol. The monoisotopic (exact) mass is 222 g/mol. The number of rotatable bonds is 5. The summed E-state index contributed by atoms with van der Waals surface area (Å²) in [5.41, 5.74) is 1.30. The van der Waals surface area contributed by atoms with Gasteiger partial charge in [-0.3, -0.25) is 0 Å². The molecule has 16 heavy (non-hydrogen) atoms. The molecule has 0 saturated heterocycles. The first kappa shape index (κ1) is 13.0. The van der Waals surface area contributed by atoms with E-state index in [-0.39, 0.29) is 6.10 Å². The maximum atomic E-state index is 9.61. The topological polar surface area (TPSA) is 29.5 Å². The van der Waals surface area contributed by atoms with Gasteiger partial charge in [0.15, 0.2) is 0 Å². The molecule has 0 heterocycles. The van der Waals surface area contributed by atoms with Crippen molar-refractivity contribution in [2.75, 3.05) is 0 Å². The van der Waals surface area contributed by atoms with Gasteiger partial charge in [-0.05, 0) is 37.0 Å². The van der Waals surface area contributed by atoms with Crippen LogP contribution in [0.15, 0.2) is 24.3 Å². The largest absolute Gasteiger partial charge is 0.488 e. The number of hydrogen-bond acceptors (Lipinski definition) is 2. The van der Waals surface area contributed by atoms with Gasteiger partial charge in [-0.25, -0.2) is 0 Å². The summed E-state index contributed by atoms with van der Waals surface area (Å²) in [6.07, 6.45) is 0.158. The number of ether oxygens (including phenoxy) is 1. The minimum atomic E-state index is -0.398. The first-order valence-corrected chi connectivity index (χ1v) is 5.99. The van der Waals surface area contributed by atoms with Crippen molar-refractivity contribution in [1.82, 2.24) is 0 Å². The van der Waals surface area contributed by atoms with Crippen LogP contribution in [0, 0.1) is 0 Å². The Morgan fingerprint density at radius 1 is 1.12 bits per heavy atom. The molecule has 1 aromatic rings. The molecule has 0 saturated carbocycles. The molecule has 0 bridgehead atoms. The fourth-order valence-corrected chi connectivity index (χ4v) is 1.56. The van der Waals surface area contributed by atoms with Crippen LogP contribution in [0.1, 0.15) is 45.6 Å². The fourth-order valence-electron chi connectivity index (χ4n) is 1.56. The second kappa shape index (κ2) is 5.90. The molecule has 0 radical (unpaired) electrons. The molecule has 0 aromatic heterocycles. The lowest BCUT2D eigenvalue weighted by atomic mass is 10.0. The highest BCUT2D eigenvalue weighted by Crippen LogP contribution is 2.20. The molecular formula is C14H22O2. The highest BCUT2D eigenvalue weighted by molar-refractivity contribution is 5.29. The van der Waals surface area contributed by atoms with Crippen LogP contribution in [0.5, 0.6) is 5.75 Å². The Hall–Kier alpha value is -1.02. The van der Waals surface area contributed by atoms with Gasteiger partial charge >= 0.3 is 0 Å². The minimum Gasteiger partial charge on any atom is -0.488 e. The summed E-state index contributed by atoms with van der Waals surface area (Å²) in [6, 6.07) is 8.08. The van der Waals surface area contributed by atoms with Crippen LogP contribution in [0.2, 0.25) is 0 Å². The van der Waals surface area contributed by atoms with Gasteiger partial charge in [0.05, 0.1) is 6.10 Å². The molecule has 2 nitrogen and oxygen atoms in total. The van der Waals surface area contributed by atoms with Crippen molar-refractivity contribution < 1.29 is 9.84 Å². The molecule has 0 aliphatic heterocycles. The van der Waals surface area contributed by atoms with Crippen molar-refractivity contribution in [2.45, 2.75) is 52.2 Å². The number of hydrogen-bond donors (Lipinski definition) is 1. The standard InChI is InChI=1S/C14H22O2/c1-5-14(15)11(4)16-13-8-6-12(7-9-13)10(2)3/h6-11,14-15H,5H2,1-4H3. The molecule has 1 aromatic carbocycles. The Bertz CT molecular complexity index is 303. The first-order valence-electron chi connectivity index (χ1n) is 5.99. The molecule has 0 spiro atoms. The van der Waals surface area contributed by atoms with E-state index in [1.165, 1.54) is 5.56 Å². The Labute approximate surface area is 98.3 Å². The van der Waals surface area contributed by atoms with Gasteiger partial charge in [0.1, 0.15) is 11.9 Å². The molecular weight excluding hydrogens is 200 g/mol. The van der Waals surface area contributed by atoms with Crippen LogP contribution in [-0.2, 0) is 0 Å². The Morgan fingerprint density at radius 2 is 1.69 bits per heavy atom. The lowest BCUT2D eigenvalue weighted by Crippen LogP contribution is -2.27. The summed E-state index contributed by atoms with van der Waals surface area (Å²) in [6.45, 7) is 8.18. The summed E-state index contributed by atoms with van der Waals surface area (Å²) in [4.78, 5) is 0. The molecule has 1 N–H and O–H groups in total. The average Bonchev–Trinajstić information content (AvgIpc) is 2.28. The van der Waals surface area contributed by atoms with Crippen LogP contribution in [0.4, 0.5) is 0 Å². The summed E-state index contributed by atoms with van der Waals surface area (Å²) >= 11 is 0. The van der Waals surface area contributed by atoms with Crippen molar-refractivity contribution in [1.29, 1.82) is 0 Å². The molecule has 0 aliphatic rings. The van der Waals surface area contributed by atoms with Gasteiger partial charge in [-0.2, -0.15) is 0 Å². The molecule has 2 atom stereocenters. The Kier molecular flexibility index (Phi) is 4.81. The normalized spacial score (nSPS) is 14.9. The molecule has 90 valence electrons. The van der Waals surface area contributed by atoms with Gasteiger partial charge < -0.3 is 9.84 Å². The second-order valence-corrected chi connectivity index (χ2v) is 4.52. The van der Waals surface area contributed by atoms with E-state index in [9.17, 15) is 5.11 Å². The summed E-state index contributed by atoms with van der Waals surface area (Å²) < 4.78 is 5.65. The van der Waals surface area contributed by atoms with Gasteiger partial charge in [0.2, 0.25) is 0 Å². The zero-order chi connectivity index (χ0) is 12.1. The second-order valence-electron chi connectivity index (χ2n) is 4.52. The van der Waals surface area contributed by atoms with Crippen LogP contribution in [0.25, 0.3) is 0 Å². The first-order chi connectivity index (χ1) is 7.54. The molecule has 0 fully saturated rings. The van der Waals surface area contributed by atoms with Crippen LogP contribution in [0.3, 0.4) is 0 Å². The van der Waals surface area contributed by atoms with E-state index >= 15 is 0 Å². The highest BCUT2D eigenvalue weighted by atomic mass is 16.5. The average molecular weight is 222 g/mol. The quantitative estimate of drug-likeness (QED) is 0.828. The maximum absolute atomic E-state index is 9.61. The number of aliphatic hydroxyl groups is 1. The summed E-state index contributed by atoms with van der Waals surface area (Å²) in [5.74, 6) is 1.36. The Balaban J connectivity index is 2.61. The molecule has 2 heteroatoms. The summed E-state index contributed by atoms with van der Waals surface area (Å²) in [5, 5.41) is 9.61. The molecule has 0 amide bonds.